The summed E-state index contributed by atoms with van der Waals surface area (Å²) in [6.07, 6.45) is 1.76. The van der Waals surface area contributed by atoms with Gasteiger partial charge in [0.05, 0.1) is 11.0 Å². The Labute approximate surface area is 173 Å². The van der Waals surface area contributed by atoms with Gasteiger partial charge in [-0.05, 0) is 25.0 Å². The molecule has 1 atom stereocenters. The van der Waals surface area contributed by atoms with Gasteiger partial charge in [-0.2, -0.15) is 0 Å². The lowest BCUT2D eigenvalue weighted by Crippen LogP contribution is -2.40. The van der Waals surface area contributed by atoms with Gasteiger partial charge in [-0.1, -0.05) is 42.5 Å². The van der Waals surface area contributed by atoms with Gasteiger partial charge in [-0.15, -0.1) is 0 Å². The van der Waals surface area contributed by atoms with E-state index in [1.54, 1.807) is 30.3 Å². The topological polar surface area (TPSA) is 101 Å². The zero-order valence-electron chi connectivity index (χ0n) is 16.6. The van der Waals surface area contributed by atoms with E-state index in [0.29, 0.717) is 12.1 Å². The molecular formula is C22H24N4O4. The summed E-state index contributed by atoms with van der Waals surface area (Å²) in [4.78, 5) is 41.0. The van der Waals surface area contributed by atoms with Crippen molar-refractivity contribution in [3.05, 3.63) is 80.8 Å². The van der Waals surface area contributed by atoms with Gasteiger partial charge in [0, 0.05) is 42.6 Å². The van der Waals surface area contributed by atoms with E-state index in [-0.39, 0.29) is 18.2 Å². The standard InChI is InChI=1S/C22H24N4O4/c27-21(16-6-2-1-3-7-16)20(26(29)30)12-15-24-13-10-17(11-14-24)25-19-9-5-4-8-18(19)23-22(25)28/h1-9,17,20H,10-15H2,(H,23,28). The Bertz CT molecular complexity index is 1100. The molecule has 1 N–H and O–H groups in total. The van der Waals surface area contributed by atoms with E-state index in [1.165, 1.54) is 0 Å². The van der Waals surface area contributed by atoms with Crippen LogP contribution >= 0.6 is 0 Å². The second-order valence-corrected chi connectivity index (χ2v) is 7.71. The highest BCUT2D eigenvalue weighted by Gasteiger charge is 2.32. The lowest BCUT2D eigenvalue weighted by atomic mass is 10.0. The van der Waals surface area contributed by atoms with E-state index >= 15 is 0 Å². The Kier molecular flexibility index (Phi) is 5.76. The van der Waals surface area contributed by atoms with Crippen molar-refractivity contribution >= 4 is 16.8 Å². The van der Waals surface area contributed by atoms with Gasteiger partial charge in [0.15, 0.2) is 0 Å². The van der Waals surface area contributed by atoms with Gasteiger partial charge in [-0.3, -0.25) is 19.5 Å². The molecule has 0 bridgehead atoms. The number of likely N-dealkylation sites (tertiary alicyclic amines) is 1. The van der Waals surface area contributed by atoms with Crippen LogP contribution in [0, 0.1) is 10.1 Å². The minimum atomic E-state index is -1.23. The Hall–Kier alpha value is -3.26. The van der Waals surface area contributed by atoms with Crippen molar-refractivity contribution in [2.45, 2.75) is 31.3 Å². The second-order valence-electron chi connectivity index (χ2n) is 7.71. The molecule has 1 aliphatic heterocycles. The summed E-state index contributed by atoms with van der Waals surface area (Å²) < 4.78 is 1.82. The third kappa shape index (κ3) is 4.04. The van der Waals surface area contributed by atoms with Gasteiger partial charge >= 0.3 is 5.69 Å². The van der Waals surface area contributed by atoms with Crippen LogP contribution in [0.4, 0.5) is 0 Å². The van der Waals surface area contributed by atoms with Crippen molar-refractivity contribution in [3.63, 3.8) is 0 Å². The smallest absolute Gasteiger partial charge is 0.306 e. The number of benzene rings is 2. The number of aromatic nitrogens is 2. The zero-order chi connectivity index (χ0) is 21.1. The van der Waals surface area contributed by atoms with Gasteiger partial charge < -0.3 is 9.88 Å². The molecule has 0 aliphatic carbocycles. The number of aromatic amines is 1. The van der Waals surface area contributed by atoms with E-state index in [2.05, 4.69) is 9.88 Å². The average molecular weight is 408 g/mol. The molecule has 8 nitrogen and oxygen atoms in total. The number of rotatable bonds is 7. The number of carbonyl (C=O) groups is 1. The number of nitrogens with one attached hydrogen (secondary N) is 1. The molecule has 0 radical (unpaired) electrons. The number of hydrogen-bond donors (Lipinski definition) is 1. The van der Waals surface area contributed by atoms with E-state index in [9.17, 15) is 19.7 Å². The van der Waals surface area contributed by atoms with Crippen LogP contribution in [0.5, 0.6) is 0 Å². The summed E-state index contributed by atoms with van der Waals surface area (Å²) >= 11 is 0. The summed E-state index contributed by atoms with van der Waals surface area (Å²) in [5.74, 6) is -0.444. The maximum atomic E-state index is 12.5. The van der Waals surface area contributed by atoms with E-state index in [4.69, 9.17) is 0 Å². The summed E-state index contributed by atoms with van der Waals surface area (Å²) in [5.41, 5.74) is 2.01. The van der Waals surface area contributed by atoms with Crippen molar-refractivity contribution in [1.29, 1.82) is 0 Å². The molecule has 2 aromatic carbocycles. The molecule has 4 rings (SSSR count). The fourth-order valence-electron chi connectivity index (χ4n) is 4.27. The monoisotopic (exact) mass is 408 g/mol. The predicted molar refractivity (Wildman–Crippen MR) is 113 cm³/mol. The van der Waals surface area contributed by atoms with Gasteiger partial charge in [-0.25, -0.2) is 4.79 Å². The highest BCUT2D eigenvalue weighted by molar-refractivity contribution is 5.99. The third-order valence-electron chi connectivity index (χ3n) is 5.88. The first-order valence-corrected chi connectivity index (χ1v) is 10.2. The molecule has 0 saturated carbocycles. The van der Waals surface area contributed by atoms with Crippen LogP contribution in [-0.2, 0) is 0 Å². The fraction of sp³-hybridized carbons (Fsp3) is 0.364. The number of imidazole rings is 1. The van der Waals surface area contributed by atoms with Crippen molar-refractivity contribution in [2.75, 3.05) is 19.6 Å². The van der Waals surface area contributed by atoms with Gasteiger partial charge in [0.2, 0.25) is 5.78 Å². The second kappa shape index (κ2) is 8.62. The number of nitrogens with zero attached hydrogens (tertiary/aromatic N) is 3. The zero-order valence-corrected chi connectivity index (χ0v) is 16.6. The number of ketones is 1. The summed E-state index contributed by atoms with van der Waals surface area (Å²) in [5, 5.41) is 11.5. The number of nitro groups is 1. The number of carbonyl (C=O) groups excluding carboxylic acids is 1. The van der Waals surface area contributed by atoms with E-state index < -0.39 is 16.7 Å². The molecule has 8 heteroatoms. The van der Waals surface area contributed by atoms with Crippen LogP contribution in [0.2, 0.25) is 0 Å². The molecule has 3 aromatic rings. The Balaban J connectivity index is 1.37. The van der Waals surface area contributed by atoms with Crippen LogP contribution < -0.4 is 5.69 Å². The van der Waals surface area contributed by atoms with Gasteiger partial charge in [0.1, 0.15) is 0 Å². The summed E-state index contributed by atoms with van der Waals surface area (Å²) in [6, 6.07) is 14.9. The molecule has 1 fully saturated rings. The average Bonchev–Trinajstić information content (AvgIpc) is 3.10. The van der Waals surface area contributed by atoms with Crippen LogP contribution in [0.1, 0.15) is 35.7 Å². The van der Waals surface area contributed by atoms with Crippen molar-refractivity contribution in [3.8, 4) is 0 Å². The molecule has 0 amide bonds. The van der Waals surface area contributed by atoms with Crippen molar-refractivity contribution in [2.24, 2.45) is 0 Å². The lowest BCUT2D eigenvalue weighted by molar-refractivity contribution is -0.506. The molecule has 0 spiro atoms. The van der Waals surface area contributed by atoms with Crippen LogP contribution in [0.25, 0.3) is 11.0 Å². The molecule has 1 aromatic heterocycles. The number of hydrogen-bond acceptors (Lipinski definition) is 5. The van der Waals surface area contributed by atoms with Crippen LogP contribution in [0.3, 0.4) is 0 Å². The van der Waals surface area contributed by atoms with Crippen molar-refractivity contribution in [1.82, 2.24) is 14.5 Å². The largest absolute Gasteiger partial charge is 0.326 e. The third-order valence-corrected chi connectivity index (χ3v) is 5.88. The minimum Gasteiger partial charge on any atom is -0.306 e. The summed E-state index contributed by atoms with van der Waals surface area (Å²) in [6.45, 7) is 1.96. The van der Waals surface area contributed by atoms with E-state index in [1.807, 2.05) is 28.8 Å². The first-order valence-electron chi connectivity index (χ1n) is 10.2. The summed E-state index contributed by atoms with van der Waals surface area (Å²) in [7, 11) is 0. The number of piperidine rings is 1. The highest BCUT2D eigenvalue weighted by Crippen LogP contribution is 2.25. The molecule has 1 saturated heterocycles. The fourth-order valence-corrected chi connectivity index (χ4v) is 4.27. The van der Waals surface area contributed by atoms with Crippen LogP contribution in [0.15, 0.2) is 59.4 Å². The molecule has 156 valence electrons. The van der Waals surface area contributed by atoms with Crippen LogP contribution in [-0.4, -0.2) is 50.8 Å². The molecule has 30 heavy (non-hydrogen) atoms. The highest BCUT2D eigenvalue weighted by atomic mass is 16.6. The first-order chi connectivity index (χ1) is 14.5. The maximum absolute atomic E-state index is 12.5. The molecular weight excluding hydrogens is 384 g/mol. The van der Waals surface area contributed by atoms with E-state index in [0.717, 1.165) is 37.0 Å². The lowest BCUT2D eigenvalue weighted by Gasteiger charge is -2.32. The number of para-hydroxylation sites is 2. The predicted octanol–water partition coefficient (Wildman–Crippen LogP) is 2.88. The van der Waals surface area contributed by atoms with Gasteiger partial charge in [0.25, 0.3) is 6.04 Å². The number of H-pyrrole nitrogens is 1. The molecule has 2 heterocycles. The maximum Gasteiger partial charge on any atom is 0.326 e. The molecule has 1 aliphatic rings. The quantitative estimate of drug-likeness (QED) is 0.368. The Morgan fingerprint density at radius 2 is 1.77 bits per heavy atom. The normalized spacial score (nSPS) is 16.5. The SMILES string of the molecule is O=C(c1ccccc1)C(CCN1CCC(n2c(=O)[nH]c3ccccc32)CC1)[N+](=O)[O-]. The van der Waals surface area contributed by atoms with Crippen molar-refractivity contribution < 1.29 is 9.72 Å². The first kappa shape index (κ1) is 20.0. The minimum absolute atomic E-state index is 0.0992. The molecule has 1 unspecified atom stereocenters. The number of fused-ring (bicyclic) bond motifs is 1. The Morgan fingerprint density at radius 1 is 1.10 bits per heavy atom. The number of Topliss-reactive ketones (excluding diaryl/α,β-unsaturated/α-hetero) is 1. The Morgan fingerprint density at radius 3 is 2.47 bits per heavy atom.